The molecule has 1 heterocycles. The van der Waals surface area contributed by atoms with Crippen LogP contribution in [0.25, 0.3) is 0 Å². The number of rotatable bonds is 1. The van der Waals surface area contributed by atoms with Gasteiger partial charge in [-0.15, -0.1) is 0 Å². The van der Waals surface area contributed by atoms with Crippen molar-refractivity contribution in [2.45, 2.75) is 26.2 Å². The van der Waals surface area contributed by atoms with Gasteiger partial charge in [-0.1, -0.05) is 18.2 Å². The first-order valence-electron chi connectivity index (χ1n) is 8.85. The summed E-state index contributed by atoms with van der Waals surface area (Å²) in [6.45, 7) is 2.33. The van der Waals surface area contributed by atoms with Gasteiger partial charge in [0, 0.05) is 31.8 Å². The first-order chi connectivity index (χ1) is 12.5. The van der Waals surface area contributed by atoms with Crippen molar-refractivity contribution in [3.63, 3.8) is 0 Å². The monoisotopic (exact) mass is 347 g/mol. The molecule has 2 aliphatic carbocycles. The van der Waals surface area contributed by atoms with Gasteiger partial charge in [-0.3, -0.25) is 4.79 Å². The number of carbonyl (C=O) groups is 1. The molecule has 0 saturated carbocycles. The summed E-state index contributed by atoms with van der Waals surface area (Å²) < 4.78 is 0. The Morgan fingerprint density at radius 2 is 2.08 bits per heavy atom. The smallest absolute Gasteiger partial charge is 0.219 e. The van der Waals surface area contributed by atoms with Gasteiger partial charge in [0.15, 0.2) is 5.41 Å². The van der Waals surface area contributed by atoms with E-state index < -0.39 is 5.41 Å². The average molecular weight is 347 g/mol. The molecule has 6 nitrogen and oxygen atoms in total. The predicted molar refractivity (Wildman–Crippen MR) is 94.3 cm³/mol. The highest BCUT2D eigenvalue weighted by atomic mass is 16.2. The van der Waals surface area contributed by atoms with E-state index in [-0.39, 0.29) is 34.9 Å². The molecule has 0 radical (unpaired) electrons. The summed E-state index contributed by atoms with van der Waals surface area (Å²) in [4.78, 5) is 13.6. The second-order valence-electron chi connectivity index (χ2n) is 7.17. The summed E-state index contributed by atoms with van der Waals surface area (Å²) in [5.74, 6) is -0.665. The topological polar surface area (TPSA) is 118 Å². The van der Waals surface area contributed by atoms with Gasteiger partial charge in [0.05, 0.1) is 23.4 Å². The lowest BCUT2D eigenvalue weighted by molar-refractivity contribution is -0.129. The van der Waals surface area contributed by atoms with Crippen LogP contribution < -0.4 is 5.73 Å². The third-order valence-electron chi connectivity index (χ3n) is 5.93. The summed E-state index contributed by atoms with van der Waals surface area (Å²) in [6, 6.07) is 6.40. The van der Waals surface area contributed by atoms with Crippen LogP contribution in [0.5, 0.6) is 0 Å². The van der Waals surface area contributed by atoms with E-state index in [1.54, 1.807) is 4.90 Å². The lowest BCUT2D eigenvalue weighted by Crippen LogP contribution is -2.52. The van der Waals surface area contributed by atoms with Crippen LogP contribution in [0.2, 0.25) is 0 Å². The summed E-state index contributed by atoms with van der Waals surface area (Å²) in [7, 11) is 0. The van der Waals surface area contributed by atoms with Crippen LogP contribution in [0, 0.1) is 57.2 Å². The molecule has 0 fully saturated rings. The fraction of sp³-hybridized carbons (Fsp3) is 0.500. The molecule has 0 aromatic heterocycles. The Hall–Kier alpha value is -3.04. The van der Waals surface area contributed by atoms with E-state index in [0.29, 0.717) is 13.1 Å². The normalized spacial score (nSPS) is 29.7. The molecule has 0 spiro atoms. The molecule has 26 heavy (non-hydrogen) atoms. The van der Waals surface area contributed by atoms with Crippen molar-refractivity contribution in [2.75, 3.05) is 13.1 Å². The van der Waals surface area contributed by atoms with Gasteiger partial charge in [0.2, 0.25) is 5.91 Å². The van der Waals surface area contributed by atoms with Gasteiger partial charge in [0.25, 0.3) is 0 Å². The highest BCUT2D eigenvalue weighted by Gasteiger charge is 2.56. The molecule has 3 rings (SSSR count). The maximum Gasteiger partial charge on any atom is 0.219 e. The zero-order valence-electron chi connectivity index (χ0n) is 14.8. The lowest BCUT2D eigenvalue weighted by atomic mass is 9.55. The van der Waals surface area contributed by atoms with Crippen molar-refractivity contribution in [3.05, 3.63) is 35.1 Å². The van der Waals surface area contributed by atoms with Gasteiger partial charge >= 0.3 is 0 Å². The van der Waals surface area contributed by atoms with E-state index in [9.17, 15) is 20.6 Å². The number of fused-ring (bicyclic) bond motifs is 1. The molecule has 0 saturated heterocycles. The van der Waals surface area contributed by atoms with Crippen LogP contribution in [0.3, 0.4) is 0 Å². The quantitative estimate of drug-likeness (QED) is 0.729. The van der Waals surface area contributed by atoms with Gasteiger partial charge in [0.1, 0.15) is 6.07 Å². The summed E-state index contributed by atoms with van der Waals surface area (Å²) in [5.41, 5.74) is 5.78. The molecule has 3 atom stereocenters. The standard InChI is InChI=1S/C20H21N5O/c1-13(26)25-8-7-15-16(9-21)19(24)20(11-22,12-23)18(17(15)10-25)14-5-3-2-4-6-14/h3,5,7,14,17-18H,2,4,6,8,10,24H2,1H3. The zero-order valence-corrected chi connectivity index (χ0v) is 14.8. The van der Waals surface area contributed by atoms with E-state index in [4.69, 9.17) is 5.73 Å². The van der Waals surface area contributed by atoms with Crippen molar-refractivity contribution in [1.29, 1.82) is 15.8 Å². The Morgan fingerprint density at radius 1 is 1.35 bits per heavy atom. The average Bonchev–Trinajstić information content (AvgIpc) is 2.67. The second-order valence-corrected chi connectivity index (χ2v) is 7.17. The van der Waals surface area contributed by atoms with Crippen LogP contribution in [0.4, 0.5) is 0 Å². The van der Waals surface area contributed by atoms with Crippen molar-refractivity contribution in [2.24, 2.45) is 28.9 Å². The van der Waals surface area contributed by atoms with E-state index in [1.165, 1.54) is 6.92 Å². The Morgan fingerprint density at radius 3 is 2.62 bits per heavy atom. The Labute approximate surface area is 153 Å². The molecule has 6 heteroatoms. The second kappa shape index (κ2) is 6.70. The minimum atomic E-state index is -1.56. The molecule has 0 bridgehead atoms. The summed E-state index contributed by atoms with van der Waals surface area (Å²) in [6.07, 6.45) is 8.86. The molecular weight excluding hydrogens is 326 g/mol. The minimum Gasteiger partial charge on any atom is -0.399 e. The maximum absolute atomic E-state index is 11.9. The number of amides is 1. The van der Waals surface area contributed by atoms with Crippen molar-refractivity contribution >= 4 is 5.91 Å². The first kappa shape index (κ1) is 17.8. The number of carbonyl (C=O) groups excluding carboxylic acids is 1. The van der Waals surface area contributed by atoms with Crippen molar-refractivity contribution < 1.29 is 4.79 Å². The fourth-order valence-corrected chi connectivity index (χ4v) is 4.63. The SMILES string of the molecule is CC(=O)N1CC=C2C(C#N)=C(N)C(C#N)(C#N)C(C3C=CCCC3)C2C1. The summed E-state index contributed by atoms with van der Waals surface area (Å²) >= 11 is 0. The number of hydrogen-bond acceptors (Lipinski definition) is 5. The fourth-order valence-electron chi connectivity index (χ4n) is 4.63. The van der Waals surface area contributed by atoms with E-state index in [2.05, 4.69) is 30.4 Å². The molecule has 0 aromatic carbocycles. The molecule has 1 amide bonds. The van der Waals surface area contributed by atoms with E-state index in [1.807, 2.05) is 6.08 Å². The number of nitriles is 3. The number of hydrogen-bond donors (Lipinski definition) is 1. The van der Waals surface area contributed by atoms with Crippen LogP contribution in [-0.4, -0.2) is 23.9 Å². The van der Waals surface area contributed by atoms with Crippen LogP contribution in [-0.2, 0) is 4.79 Å². The van der Waals surface area contributed by atoms with Gasteiger partial charge in [-0.2, -0.15) is 15.8 Å². The predicted octanol–water partition coefficient (Wildman–Crippen LogP) is 2.15. The van der Waals surface area contributed by atoms with Gasteiger partial charge in [-0.05, 0) is 30.8 Å². The Kier molecular flexibility index (Phi) is 4.58. The molecule has 1 aliphatic heterocycles. The zero-order chi connectivity index (χ0) is 18.9. The number of nitrogens with two attached hydrogens (primary N) is 1. The van der Waals surface area contributed by atoms with E-state index >= 15 is 0 Å². The maximum atomic E-state index is 11.9. The lowest BCUT2D eigenvalue weighted by Gasteiger charge is -2.48. The van der Waals surface area contributed by atoms with Crippen molar-refractivity contribution in [1.82, 2.24) is 4.90 Å². The molecule has 132 valence electrons. The Bertz CT molecular complexity index is 831. The van der Waals surface area contributed by atoms with Crippen LogP contribution in [0.15, 0.2) is 35.1 Å². The van der Waals surface area contributed by atoms with Crippen LogP contribution in [0.1, 0.15) is 26.2 Å². The summed E-state index contributed by atoms with van der Waals surface area (Å²) in [5, 5.41) is 29.6. The van der Waals surface area contributed by atoms with Gasteiger partial charge in [-0.25, -0.2) is 0 Å². The highest BCUT2D eigenvalue weighted by molar-refractivity contribution is 5.74. The van der Waals surface area contributed by atoms with Crippen LogP contribution >= 0.6 is 0 Å². The number of nitrogens with zero attached hydrogens (tertiary/aromatic N) is 4. The minimum absolute atomic E-state index is 0.0159. The largest absolute Gasteiger partial charge is 0.399 e. The highest BCUT2D eigenvalue weighted by Crippen LogP contribution is 2.53. The number of allylic oxidation sites excluding steroid dienone is 4. The Balaban J connectivity index is 2.23. The first-order valence-corrected chi connectivity index (χ1v) is 8.85. The third kappa shape index (κ3) is 2.49. The molecule has 0 aromatic rings. The molecule has 3 unspecified atom stereocenters. The molecule has 3 aliphatic rings. The molecule has 2 N–H and O–H groups in total. The van der Waals surface area contributed by atoms with Gasteiger partial charge < -0.3 is 10.6 Å². The van der Waals surface area contributed by atoms with E-state index in [0.717, 1.165) is 24.8 Å². The van der Waals surface area contributed by atoms with Crippen molar-refractivity contribution in [3.8, 4) is 18.2 Å². The third-order valence-corrected chi connectivity index (χ3v) is 5.93. The molecular formula is C20H21N5O.